The number of hydrogen-bond acceptors (Lipinski definition) is 7. The van der Waals surface area contributed by atoms with E-state index >= 15 is 0 Å². The monoisotopic (exact) mass is 336 g/mol. The SMILES string of the molecule is COc1ccc(O[C@@H]2OC(CO)[C@@H](N=[N+]=[N-])[C@H](O)C2N=[N+]=[N-])cc1. The smallest absolute Gasteiger partial charge is 0.211 e. The van der Waals surface area contributed by atoms with Gasteiger partial charge >= 0.3 is 0 Å². The fourth-order valence-electron chi connectivity index (χ4n) is 2.34. The van der Waals surface area contributed by atoms with Crippen LogP contribution in [0.5, 0.6) is 11.5 Å². The highest BCUT2D eigenvalue weighted by Gasteiger charge is 2.45. The molecule has 1 aromatic rings. The van der Waals surface area contributed by atoms with Crippen molar-refractivity contribution >= 4 is 0 Å². The summed E-state index contributed by atoms with van der Waals surface area (Å²) >= 11 is 0. The molecule has 2 unspecified atom stereocenters. The second-order valence-corrected chi connectivity index (χ2v) is 4.90. The summed E-state index contributed by atoms with van der Waals surface area (Å²) in [5.74, 6) is 1.00. The van der Waals surface area contributed by atoms with Crippen molar-refractivity contribution in [1.29, 1.82) is 0 Å². The minimum absolute atomic E-state index is 0.380. The molecule has 2 N–H and O–H groups in total. The molecule has 1 fully saturated rings. The highest BCUT2D eigenvalue weighted by Crippen LogP contribution is 2.29. The highest BCUT2D eigenvalue weighted by molar-refractivity contribution is 5.31. The van der Waals surface area contributed by atoms with Crippen molar-refractivity contribution in [3.8, 4) is 11.5 Å². The first-order valence-electron chi connectivity index (χ1n) is 6.98. The normalized spacial score (nSPS) is 29.0. The van der Waals surface area contributed by atoms with Gasteiger partial charge in [0.25, 0.3) is 0 Å². The van der Waals surface area contributed by atoms with Crippen LogP contribution in [0, 0.1) is 0 Å². The maximum Gasteiger partial charge on any atom is 0.211 e. The third kappa shape index (κ3) is 3.80. The van der Waals surface area contributed by atoms with Crippen LogP contribution in [0.15, 0.2) is 34.5 Å². The fourth-order valence-corrected chi connectivity index (χ4v) is 2.34. The van der Waals surface area contributed by atoms with Crippen LogP contribution in [0.1, 0.15) is 0 Å². The second-order valence-electron chi connectivity index (χ2n) is 4.90. The van der Waals surface area contributed by atoms with Crippen molar-refractivity contribution in [1.82, 2.24) is 0 Å². The number of hydrogen-bond donors (Lipinski definition) is 2. The lowest BCUT2D eigenvalue weighted by atomic mass is 9.95. The molecule has 0 radical (unpaired) electrons. The zero-order valence-electron chi connectivity index (χ0n) is 12.7. The van der Waals surface area contributed by atoms with Gasteiger partial charge in [-0.1, -0.05) is 10.2 Å². The van der Waals surface area contributed by atoms with Crippen LogP contribution in [0.2, 0.25) is 0 Å². The molecule has 0 saturated carbocycles. The molecule has 2 rings (SSSR count). The predicted octanol–water partition coefficient (Wildman–Crippen LogP) is 1.51. The molecule has 0 amide bonds. The van der Waals surface area contributed by atoms with E-state index in [0.29, 0.717) is 11.5 Å². The van der Waals surface area contributed by atoms with Gasteiger partial charge in [0.1, 0.15) is 17.5 Å². The third-order valence-electron chi connectivity index (χ3n) is 3.53. The maximum absolute atomic E-state index is 10.3. The van der Waals surface area contributed by atoms with E-state index in [2.05, 4.69) is 20.1 Å². The van der Waals surface area contributed by atoms with Crippen molar-refractivity contribution in [2.45, 2.75) is 30.6 Å². The van der Waals surface area contributed by atoms with E-state index in [4.69, 9.17) is 25.3 Å². The van der Waals surface area contributed by atoms with Crippen LogP contribution in [-0.2, 0) is 4.74 Å². The molecule has 24 heavy (non-hydrogen) atoms. The lowest BCUT2D eigenvalue weighted by molar-refractivity contribution is -0.203. The Morgan fingerprint density at radius 1 is 1.12 bits per heavy atom. The third-order valence-corrected chi connectivity index (χ3v) is 3.53. The lowest BCUT2D eigenvalue weighted by Crippen LogP contribution is -2.58. The van der Waals surface area contributed by atoms with Gasteiger partial charge in [0.05, 0.1) is 32.0 Å². The summed E-state index contributed by atoms with van der Waals surface area (Å²) < 4.78 is 16.1. The standard InChI is InChI=1S/C13H16N6O5/c1-22-7-2-4-8(5-3-7)23-13-11(17-19-15)12(21)10(16-18-14)9(6-20)24-13/h2-5,9-13,20-21H,6H2,1H3/t9?,10-,11?,12+,13-/m1/s1. The van der Waals surface area contributed by atoms with Crippen LogP contribution < -0.4 is 9.47 Å². The first-order chi connectivity index (χ1) is 11.6. The number of benzene rings is 1. The molecule has 11 heteroatoms. The van der Waals surface area contributed by atoms with E-state index in [1.54, 1.807) is 24.3 Å². The molecular weight excluding hydrogens is 320 g/mol. The summed E-state index contributed by atoms with van der Waals surface area (Å²) in [7, 11) is 1.52. The molecule has 5 atom stereocenters. The van der Waals surface area contributed by atoms with Gasteiger partial charge in [-0.3, -0.25) is 0 Å². The average molecular weight is 336 g/mol. The van der Waals surface area contributed by atoms with E-state index in [0.717, 1.165) is 0 Å². The summed E-state index contributed by atoms with van der Waals surface area (Å²) in [6.45, 7) is -0.508. The largest absolute Gasteiger partial charge is 0.497 e. The zero-order valence-corrected chi connectivity index (χ0v) is 12.7. The summed E-state index contributed by atoms with van der Waals surface area (Å²) in [6, 6.07) is 4.26. The van der Waals surface area contributed by atoms with Gasteiger partial charge in [-0.25, -0.2) is 0 Å². The number of azide groups is 2. The molecule has 0 aliphatic carbocycles. The summed E-state index contributed by atoms with van der Waals surface area (Å²) in [5, 5.41) is 26.6. The quantitative estimate of drug-likeness (QED) is 0.455. The first-order valence-corrected chi connectivity index (χ1v) is 6.98. The lowest BCUT2D eigenvalue weighted by Gasteiger charge is -2.40. The second kappa shape index (κ2) is 8.25. The Morgan fingerprint density at radius 2 is 1.71 bits per heavy atom. The zero-order chi connectivity index (χ0) is 17.5. The average Bonchev–Trinajstić information content (AvgIpc) is 2.61. The van der Waals surface area contributed by atoms with Gasteiger partial charge in [-0.15, -0.1) is 0 Å². The first kappa shape index (κ1) is 17.7. The Balaban J connectivity index is 2.24. The van der Waals surface area contributed by atoms with E-state index in [-0.39, 0.29) is 0 Å². The molecule has 1 aromatic carbocycles. The van der Waals surface area contributed by atoms with Crippen molar-refractivity contribution in [3.05, 3.63) is 45.2 Å². The Labute approximate surface area is 136 Å². The van der Waals surface area contributed by atoms with Gasteiger partial charge < -0.3 is 24.4 Å². The van der Waals surface area contributed by atoms with Crippen LogP contribution in [0.4, 0.5) is 0 Å². The van der Waals surface area contributed by atoms with Crippen molar-refractivity contribution in [2.75, 3.05) is 13.7 Å². The van der Waals surface area contributed by atoms with Crippen molar-refractivity contribution in [2.24, 2.45) is 10.2 Å². The molecule has 0 bridgehead atoms. The number of ether oxygens (including phenoxy) is 3. The van der Waals surface area contributed by atoms with Gasteiger partial charge in [-0.2, -0.15) is 0 Å². The maximum atomic E-state index is 10.3. The van der Waals surface area contributed by atoms with Crippen LogP contribution in [0.25, 0.3) is 20.9 Å². The topological polar surface area (TPSA) is 166 Å². The molecule has 0 spiro atoms. The van der Waals surface area contributed by atoms with Crippen LogP contribution in [-0.4, -0.2) is 54.5 Å². The Morgan fingerprint density at radius 3 is 2.25 bits per heavy atom. The van der Waals surface area contributed by atoms with Crippen molar-refractivity contribution < 1.29 is 24.4 Å². The molecule has 128 valence electrons. The Kier molecular flexibility index (Phi) is 6.07. The summed E-state index contributed by atoms with van der Waals surface area (Å²) in [6.07, 6.45) is -3.53. The van der Waals surface area contributed by atoms with E-state index in [1.165, 1.54) is 7.11 Å². The molecule has 0 aromatic heterocycles. The molecular formula is C13H16N6O5. The van der Waals surface area contributed by atoms with Gasteiger partial charge in [0, 0.05) is 9.82 Å². The number of aliphatic hydroxyl groups is 2. The number of aliphatic hydroxyl groups excluding tert-OH is 2. The van der Waals surface area contributed by atoms with Gasteiger partial charge in [0.2, 0.25) is 6.29 Å². The number of methoxy groups -OCH3 is 1. The predicted molar refractivity (Wildman–Crippen MR) is 81.2 cm³/mol. The minimum atomic E-state index is -1.37. The molecule has 11 nitrogen and oxygen atoms in total. The van der Waals surface area contributed by atoms with Crippen LogP contribution in [0.3, 0.4) is 0 Å². The Bertz CT molecular complexity index is 643. The molecule has 1 aliphatic heterocycles. The molecule has 1 aliphatic rings. The molecule has 1 heterocycles. The van der Waals surface area contributed by atoms with E-state index in [1.807, 2.05) is 0 Å². The number of rotatable bonds is 6. The van der Waals surface area contributed by atoms with Crippen molar-refractivity contribution in [3.63, 3.8) is 0 Å². The fraction of sp³-hybridized carbons (Fsp3) is 0.538. The highest BCUT2D eigenvalue weighted by atomic mass is 16.7. The van der Waals surface area contributed by atoms with Crippen LogP contribution >= 0.6 is 0 Å². The summed E-state index contributed by atoms with van der Waals surface area (Å²) in [5.41, 5.74) is 17.3. The van der Waals surface area contributed by atoms with E-state index in [9.17, 15) is 10.2 Å². The Hall–Kier alpha value is -2.68. The number of nitrogens with zero attached hydrogens (tertiary/aromatic N) is 6. The van der Waals surface area contributed by atoms with Gasteiger partial charge in [-0.05, 0) is 35.3 Å². The van der Waals surface area contributed by atoms with E-state index < -0.39 is 37.2 Å². The minimum Gasteiger partial charge on any atom is -0.497 e. The summed E-state index contributed by atoms with van der Waals surface area (Å²) in [4.78, 5) is 5.28. The molecule has 1 saturated heterocycles. The van der Waals surface area contributed by atoms with Gasteiger partial charge in [0.15, 0.2) is 0 Å².